The van der Waals surface area contributed by atoms with Gasteiger partial charge in [-0.2, -0.15) is 0 Å². The maximum absolute atomic E-state index is 4.25. The normalized spacial score (nSPS) is 13.6. The van der Waals surface area contributed by atoms with Crippen molar-refractivity contribution in [2.24, 2.45) is 11.8 Å². The lowest BCUT2D eigenvalue weighted by Crippen LogP contribution is -2.11. The molecule has 0 aromatic carbocycles. The lowest BCUT2D eigenvalue weighted by atomic mass is 10.0. The van der Waals surface area contributed by atoms with Gasteiger partial charge >= 0.3 is 0 Å². The minimum atomic E-state index is 0.437. The molecule has 0 spiro atoms. The summed E-state index contributed by atoms with van der Waals surface area (Å²) in [6.45, 7) is 11.2. The Morgan fingerprint density at radius 2 is 1.82 bits per heavy atom. The van der Waals surface area contributed by atoms with E-state index in [1.807, 2.05) is 4.68 Å². The van der Waals surface area contributed by atoms with Gasteiger partial charge in [-0.3, -0.25) is 0 Å². The van der Waals surface area contributed by atoms with Gasteiger partial charge in [0.25, 0.3) is 0 Å². The Morgan fingerprint density at radius 3 is 2.41 bits per heavy atom. The standard InChI is InChI=1S/C14H27N3/c1-11(2)8-6-7-9-14-10-17(16-15-14)13(5)12(3)4/h10-13H,6-9H2,1-5H3. The zero-order valence-electron chi connectivity index (χ0n) is 12.0. The summed E-state index contributed by atoms with van der Waals surface area (Å²) in [6.07, 6.45) is 7.02. The molecule has 1 aromatic rings. The molecule has 1 atom stereocenters. The highest BCUT2D eigenvalue weighted by molar-refractivity contribution is 4.93. The Kier molecular flexibility index (Phi) is 5.66. The second-order valence-corrected chi connectivity index (χ2v) is 5.81. The van der Waals surface area contributed by atoms with Gasteiger partial charge in [0.15, 0.2) is 0 Å². The summed E-state index contributed by atoms with van der Waals surface area (Å²) in [6, 6.07) is 0.437. The molecule has 1 unspecified atom stereocenters. The lowest BCUT2D eigenvalue weighted by molar-refractivity contribution is 0.368. The molecule has 17 heavy (non-hydrogen) atoms. The van der Waals surface area contributed by atoms with E-state index >= 15 is 0 Å². The molecule has 1 heterocycles. The summed E-state index contributed by atoms with van der Waals surface area (Å²) in [5.74, 6) is 1.41. The van der Waals surface area contributed by atoms with Gasteiger partial charge in [0.2, 0.25) is 0 Å². The van der Waals surface area contributed by atoms with Gasteiger partial charge in [0.05, 0.1) is 11.7 Å². The molecule has 0 aliphatic carbocycles. The van der Waals surface area contributed by atoms with E-state index in [0.29, 0.717) is 12.0 Å². The number of unbranched alkanes of at least 4 members (excludes halogenated alkanes) is 1. The van der Waals surface area contributed by atoms with Crippen LogP contribution in [0.5, 0.6) is 0 Å². The molecule has 0 fully saturated rings. The molecule has 0 radical (unpaired) electrons. The highest BCUT2D eigenvalue weighted by Crippen LogP contribution is 2.16. The summed E-state index contributed by atoms with van der Waals surface area (Å²) in [5.41, 5.74) is 1.14. The molecule has 0 aliphatic rings. The number of hydrogen-bond acceptors (Lipinski definition) is 2. The van der Waals surface area contributed by atoms with E-state index in [2.05, 4.69) is 51.1 Å². The molecule has 1 aromatic heterocycles. The molecular formula is C14H27N3. The van der Waals surface area contributed by atoms with Gasteiger partial charge in [-0.15, -0.1) is 5.10 Å². The smallest absolute Gasteiger partial charge is 0.0827 e. The third-order valence-electron chi connectivity index (χ3n) is 3.40. The van der Waals surface area contributed by atoms with Crippen molar-refractivity contribution >= 4 is 0 Å². The van der Waals surface area contributed by atoms with Crippen LogP contribution in [0.25, 0.3) is 0 Å². The zero-order chi connectivity index (χ0) is 12.8. The molecule has 0 N–H and O–H groups in total. The van der Waals surface area contributed by atoms with Crippen LogP contribution in [0.1, 0.15) is 65.6 Å². The first-order chi connectivity index (χ1) is 8.00. The van der Waals surface area contributed by atoms with Crippen molar-refractivity contribution < 1.29 is 0 Å². The van der Waals surface area contributed by atoms with Crippen molar-refractivity contribution in [2.75, 3.05) is 0 Å². The third kappa shape index (κ3) is 4.88. The topological polar surface area (TPSA) is 30.7 Å². The van der Waals surface area contributed by atoms with Crippen LogP contribution in [-0.2, 0) is 6.42 Å². The summed E-state index contributed by atoms with van der Waals surface area (Å²) in [5, 5.41) is 8.47. The second-order valence-electron chi connectivity index (χ2n) is 5.81. The van der Waals surface area contributed by atoms with Crippen LogP contribution >= 0.6 is 0 Å². The summed E-state index contributed by atoms with van der Waals surface area (Å²) >= 11 is 0. The molecule has 1 rings (SSSR count). The maximum atomic E-state index is 4.25. The van der Waals surface area contributed by atoms with Gasteiger partial charge in [0, 0.05) is 6.20 Å². The summed E-state index contributed by atoms with van der Waals surface area (Å²) in [7, 11) is 0. The number of rotatable bonds is 7. The minimum absolute atomic E-state index is 0.437. The highest BCUT2D eigenvalue weighted by Gasteiger charge is 2.11. The quantitative estimate of drug-likeness (QED) is 0.674. The number of hydrogen-bond donors (Lipinski definition) is 0. The van der Waals surface area contributed by atoms with Crippen LogP contribution in [0, 0.1) is 11.8 Å². The van der Waals surface area contributed by atoms with Gasteiger partial charge in [-0.05, 0) is 31.6 Å². The third-order valence-corrected chi connectivity index (χ3v) is 3.40. The van der Waals surface area contributed by atoms with Crippen molar-refractivity contribution in [1.82, 2.24) is 15.0 Å². The van der Waals surface area contributed by atoms with Gasteiger partial charge < -0.3 is 0 Å². The van der Waals surface area contributed by atoms with E-state index in [1.165, 1.54) is 19.3 Å². The van der Waals surface area contributed by atoms with Crippen LogP contribution in [0.15, 0.2) is 6.20 Å². The first-order valence-corrected chi connectivity index (χ1v) is 6.91. The summed E-state index contributed by atoms with van der Waals surface area (Å²) < 4.78 is 2.00. The van der Waals surface area contributed by atoms with Crippen molar-refractivity contribution in [2.45, 2.75) is 66.3 Å². The Morgan fingerprint density at radius 1 is 1.12 bits per heavy atom. The predicted octanol–water partition coefficient (Wildman–Crippen LogP) is 3.86. The Hall–Kier alpha value is -0.860. The van der Waals surface area contributed by atoms with E-state index in [4.69, 9.17) is 0 Å². The molecular weight excluding hydrogens is 210 g/mol. The van der Waals surface area contributed by atoms with E-state index in [0.717, 1.165) is 18.0 Å². The predicted molar refractivity (Wildman–Crippen MR) is 72.0 cm³/mol. The van der Waals surface area contributed by atoms with Gasteiger partial charge in [-0.1, -0.05) is 45.7 Å². The van der Waals surface area contributed by atoms with Crippen LogP contribution in [0.4, 0.5) is 0 Å². The molecule has 0 saturated carbocycles. The molecule has 0 aliphatic heterocycles. The van der Waals surface area contributed by atoms with Crippen LogP contribution < -0.4 is 0 Å². The minimum Gasteiger partial charge on any atom is -0.249 e. The van der Waals surface area contributed by atoms with Crippen molar-refractivity contribution in [3.05, 3.63) is 11.9 Å². The second kappa shape index (κ2) is 6.77. The maximum Gasteiger partial charge on any atom is 0.0827 e. The summed E-state index contributed by atoms with van der Waals surface area (Å²) in [4.78, 5) is 0. The average Bonchev–Trinajstić information content (AvgIpc) is 2.71. The van der Waals surface area contributed by atoms with Crippen LogP contribution in [0.3, 0.4) is 0 Å². The van der Waals surface area contributed by atoms with Crippen molar-refractivity contribution in [3.8, 4) is 0 Å². The van der Waals surface area contributed by atoms with Gasteiger partial charge in [-0.25, -0.2) is 4.68 Å². The van der Waals surface area contributed by atoms with E-state index in [9.17, 15) is 0 Å². The molecule has 0 amide bonds. The number of aryl methyl sites for hydroxylation is 1. The largest absolute Gasteiger partial charge is 0.249 e. The Bertz CT molecular complexity index is 315. The van der Waals surface area contributed by atoms with Gasteiger partial charge in [0.1, 0.15) is 0 Å². The number of nitrogens with zero attached hydrogens (tertiary/aromatic N) is 3. The zero-order valence-corrected chi connectivity index (χ0v) is 12.0. The van der Waals surface area contributed by atoms with Crippen molar-refractivity contribution in [1.29, 1.82) is 0 Å². The van der Waals surface area contributed by atoms with E-state index < -0.39 is 0 Å². The first kappa shape index (κ1) is 14.2. The van der Waals surface area contributed by atoms with Crippen LogP contribution in [0.2, 0.25) is 0 Å². The van der Waals surface area contributed by atoms with Crippen molar-refractivity contribution in [3.63, 3.8) is 0 Å². The lowest BCUT2D eigenvalue weighted by Gasteiger charge is -2.14. The molecule has 0 bridgehead atoms. The first-order valence-electron chi connectivity index (χ1n) is 6.91. The highest BCUT2D eigenvalue weighted by atomic mass is 15.4. The Balaban J connectivity index is 2.36. The molecule has 3 nitrogen and oxygen atoms in total. The fourth-order valence-electron chi connectivity index (χ4n) is 1.79. The molecule has 3 heteroatoms. The average molecular weight is 237 g/mol. The molecule has 0 saturated heterocycles. The van der Waals surface area contributed by atoms with E-state index in [-0.39, 0.29) is 0 Å². The Labute approximate surface area is 106 Å². The van der Waals surface area contributed by atoms with E-state index in [1.54, 1.807) is 0 Å². The molecule has 98 valence electrons. The van der Waals surface area contributed by atoms with Crippen LogP contribution in [-0.4, -0.2) is 15.0 Å². The fourth-order valence-corrected chi connectivity index (χ4v) is 1.79. The number of aromatic nitrogens is 3. The fraction of sp³-hybridized carbons (Fsp3) is 0.857. The SMILES string of the molecule is CC(C)CCCCc1cn(C(C)C(C)C)nn1. The monoisotopic (exact) mass is 237 g/mol.